The predicted molar refractivity (Wildman–Crippen MR) is 101 cm³/mol. The lowest BCUT2D eigenvalue weighted by Crippen LogP contribution is -2.43. The van der Waals surface area contributed by atoms with Crippen molar-refractivity contribution in [3.63, 3.8) is 0 Å². The fraction of sp³-hybridized carbons (Fsp3) is 0.286. The zero-order valence-corrected chi connectivity index (χ0v) is 15.1. The number of benzene rings is 2. The van der Waals surface area contributed by atoms with E-state index in [0.29, 0.717) is 31.1 Å². The highest BCUT2D eigenvalue weighted by molar-refractivity contribution is 5.71. The van der Waals surface area contributed by atoms with E-state index >= 15 is 0 Å². The third kappa shape index (κ3) is 3.90. The Kier molecular flexibility index (Phi) is 4.73. The Morgan fingerprint density at radius 1 is 1.19 bits per heavy atom. The van der Waals surface area contributed by atoms with Gasteiger partial charge in [-0.05, 0) is 43.5 Å². The van der Waals surface area contributed by atoms with Gasteiger partial charge in [0.05, 0.1) is 5.92 Å². The number of rotatable bonds is 6. The first-order valence-corrected chi connectivity index (χ1v) is 9.05. The maximum absolute atomic E-state index is 10.9. The molecule has 1 heterocycles. The summed E-state index contributed by atoms with van der Waals surface area (Å²) in [7, 11) is 0. The van der Waals surface area contributed by atoms with Gasteiger partial charge in [-0.2, -0.15) is 4.98 Å². The molecule has 0 spiro atoms. The molecule has 0 saturated heterocycles. The van der Waals surface area contributed by atoms with E-state index in [0.717, 1.165) is 16.7 Å². The minimum absolute atomic E-state index is 0.201. The van der Waals surface area contributed by atoms with Crippen LogP contribution in [0.1, 0.15) is 24.0 Å². The summed E-state index contributed by atoms with van der Waals surface area (Å²) in [6, 6.07) is 16.2. The Labute approximate surface area is 157 Å². The van der Waals surface area contributed by atoms with Crippen LogP contribution in [0.4, 0.5) is 0 Å². The molecule has 0 amide bonds. The lowest BCUT2D eigenvalue weighted by atomic mass is 9.80. The second-order valence-electron chi connectivity index (χ2n) is 7.07. The van der Waals surface area contributed by atoms with Gasteiger partial charge < -0.3 is 14.9 Å². The largest absolute Gasteiger partial charge is 0.481 e. The van der Waals surface area contributed by atoms with Crippen LogP contribution in [-0.4, -0.2) is 27.3 Å². The number of carboxylic acids is 1. The lowest BCUT2D eigenvalue weighted by molar-refractivity contribution is -0.145. The molecule has 1 saturated carbocycles. The van der Waals surface area contributed by atoms with Gasteiger partial charge in [0.1, 0.15) is 0 Å². The van der Waals surface area contributed by atoms with E-state index < -0.39 is 5.97 Å². The second kappa shape index (κ2) is 7.32. The molecule has 0 aliphatic heterocycles. The van der Waals surface area contributed by atoms with Crippen LogP contribution in [0.25, 0.3) is 22.8 Å². The van der Waals surface area contributed by atoms with Gasteiger partial charge in [0.15, 0.2) is 0 Å². The van der Waals surface area contributed by atoms with Crippen LogP contribution < -0.4 is 5.32 Å². The van der Waals surface area contributed by atoms with E-state index in [1.54, 1.807) is 0 Å². The lowest BCUT2D eigenvalue weighted by Gasteiger charge is -2.33. The predicted octanol–water partition coefficient (Wildman–Crippen LogP) is 3.66. The van der Waals surface area contributed by atoms with Crippen LogP contribution in [-0.2, 0) is 11.3 Å². The maximum atomic E-state index is 10.9. The molecular weight excluding hydrogens is 342 g/mol. The Morgan fingerprint density at radius 2 is 1.96 bits per heavy atom. The first-order valence-electron chi connectivity index (χ1n) is 9.05. The summed E-state index contributed by atoms with van der Waals surface area (Å²) in [5, 5.41) is 16.5. The van der Waals surface area contributed by atoms with E-state index in [1.165, 1.54) is 5.56 Å². The molecule has 27 heavy (non-hydrogen) atoms. The number of carbonyl (C=O) groups is 1. The van der Waals surface area contributed by atoms with Crippen LogP contribution in [0.3, 0.4) is 0 Å². The van der Waals surface area contributed by atoms with Gasteiger partial charge in [-0.3, -0.25) is 4.79 Å². The number of nitrogens with zero attached hydrogens (tertiary/aromatic N) is 2. The summed E-state index contributed by atoms with van der Waals surface area (Å²) in [5.74, 6) is 0.162. The fourth-order valence-electron chi connectivity index (χ4n) is 3.22. The van der Waals surface area contributed by atoms with Gasteiger partial charge in [-0.1, -0.05) is 41.1 Å². The number of aryl methyl sites for hydroxylation is 1. The molecule has 0 bridgehead atoms. The first kappa shape index (κ1) is 17.4. The van der Waals surface area contributed by atoms with Crippen molar-refractivity contribution in [3.05, 3.63) is 59.7 Å². The van der Waals surface area contributed by atoms with Crippen LogP contribution in [0.15, 0.2) is 53.1 Å². The number of aliphatic carboxylic acids is 1. The quantitative estimate of drug-likeness (QED) is 0.695. The number of aromatic nitrogens is 2. The molecule has 1 aromatic heterocycles. The van der Waals surface area contributed by atoms with Crippen molar-refractivity contribution in [1.29, 1.82) is 0 Å². The fourth-order valence-corrected chi connectivity index (χ4v) is 3.22. The zero-order chi connectivity index (χ0) is 18.8. The van der Waals surface area contributed by atoms with Crippen molar-refractivity contribution < 1.29 is 14.4 Å². The Morgan fingerprint density at radius 3 is 2.70 bits per heavy atom. The van der Waals surface area contributed by atoms with E-state index in [2.05, 4.69) is 15.5 Å². The number of nitrogens with one attached hydrogen (secondary N) is 1. The summed E-state index contributed by atoms with van der Waals surface area (Å²) in [6.07, 6.45) is 1.39. The molecule has 1 aliphatic carbocycles. The third-order valence-corrected chi connectivity index (χ3v) is 4.99. The summed E-state index contributed by atoms with van der Waals surface area (Å²) in [5.41, 5.74) is 4.08. The van der Waals surface area contributed by atoms with E-state index in [1.807, 2.05) is 55.5 Å². The highest BCUT2D eigenvalue weighted by Gasteiger charge is 2.33. The van der Waals surface area contributed by atoms with Gasteiger partial charge in [0, 0.05) is 23.7 Å². The highest BCUT2D eigenvalue weighted by atomic mass is 16.5. The topological polar surface area (TPSA) is 88.2 Å². The summed E-state index contributed by atoms with van der Waals surface area (Å²) < 4.78 is 5.41. The summed E-state index contributed by atoms with van der Waals surface area (Å²) in [6.45, 7) is 2.72. The smallest absolute Gasteiger partial charge is 0.306 e. The Balaban J connectivity index is 1.42. The van der Waals surface area contributed by atoms with Crippen molar-refractivity contribution in [2.75, 3.05) is 0 Å². The zero-order valence-electron chi connectivity index (χ0n) is 15.1. The average Bonchev–Trinajstić information content (AvgIpc) is 3.11. The van der Waals surface area contributed by atoms with E-state index in [9.17, 15) is 4.79 Å². The molecule has 2 aromatic carbocycles. The van der Waals surface area contributed by atoms with E-state index in [4.69, 9.17) is 9.63 Å². The standard InChI is InChI=1S/C21H21N3O3/c1-13-5-7-15(8-6-13)20-23-19(24-27-20)16-4-2-3-14(9-16)12-22-18-10-17(11-18)21(25)26/h2-9,17-18,22H,10-12H2,1H3,(H,25,26)/t17-,18+. The maximum Gasteiger partial charge on any atom is 0.306 e. The third-order valence-electron chi connectivity index (χ3n) is 4.99. The van der Waals surface area contributed by atoms with Crippen molar-refractivity contribution in [1.82, 2.24) is 15.5 Å². The molecule has 0 atom stereocenters. The normalized spacial score (nSPS) is 18.9. The average molecular weight is 363 g/mol. The molecular formula is C21H21N3O3. The molecule has 1 fully saturated rings. The Bertz CT molecular complexity index is 943. The van der Waals surface area contributed by atoms with Crippen LogP contribution in [0.2, 0.25) is 0 Å². The molecule has 3 aromatic rings. The number of hydrogen-bond donors (Lipinski definition) is 2. The molecule has 2 N–H and O–H groups in total. The molecule has 1 aliphatic rings. The molecule has 0 unspecified atom stereocenters. The molecule has 4 rings (SSSR count). The van der Waals surface area contributed by atoms with Gasteiger partial charge in [-0.15, -0.1) is 0 Å². The number of hydrogen-bond acceptors (Lipinski definition) is 5. The Hall–Kier alpha value is -2.99. The van der Waals surface area contributed by atoms with Crippen molar-refractivity contribution >= 4 is 5.97 Å². The first-order chi connectivity index (χ1) is 13.1. The van der Waals surface area contributed by atoms with Crippen molar-refractivity contribution in [3.8, 4) is 22.8 Å². The van der Waals surface area contributed by atoms with Crippen LogP contribution in [0, 0.1) is 12.8 Å². The molecule has 6 nitrogen and oxygen atoms in total. The summed E-state index contributed by atoms with van der Waals surface area (Å²) in [4.78, 5) is 15.4. The second-order valence-corrected chi connectivity index (χ2v) is 7.07. The summed E-state index contributed by atoms with van der Waals surface area (Å²) >= 11 is 0. The van der Waals surface area contributed by atoms with Crippen molar-refractivity contribution in [2.24, 2.45) is 5.92 Å². The van der Waals surface area contributed by atoms with Crippen LogP contribution >= 0.6 is 0 Å². The minimum atomic E-state index is -0.698. The van der Waals surface area contributed by atoms with Gasteiger partial charge in [0.2, 0.25) is 5.82 Å². The van der Waals surface area contributed by atoms with Gasteiger partial charge >= 0.3 is 5.97 Å². The highest BCUT2D eigenvalue weighted by Crippen LogP contribution is 2.28. The molecule has 6 heteroatoms. The van der Waals surface area contributed by atoms with Gasteiger partial charge in [0.25, 0.3) is 5.89 Å². The molecule has 0 radical (unpaired) electrons. The SMILES string of the molecule is Cc1ccc(-c2nc(-c3cccc(CN[C@H]4C[C@@H](C(=O)O)C4)c3)no2)cc1. The minimum Gasteiger partial charge on any atom is -0.481 e. The molecule has 138 valence electrons. The monoisotopic (exact) mass is 363 g/mol. The van der Waals surface area contributed by atoms with E-state index in [-0.39, 0.29) is 12.0 Å². The van der Waals surface area contributed by atoms with Gasteiger partial charge in [-0.25, -0.2) is 0 Å². The van der Waals surface area contributed by atoms with Crippen molar-refractivity contribution in [2.45, 2.75) is 32.4 Å². The van der Waals surface area contributed by atoms with Crippen LogP contribution in [0.5, 0.6) is 0 Å². The number of carboxylic acid groups (broad SMARTS) is 1.